The fourth-order valence-electron chi connectivity index (χ4n) is 9.36. The van der Waals surface area contributed by atoms with Gasteiger partial charge in [0.1, 0.15) is 0 Å². The molecule has 4 unspecified atom stereocenters. The number of fused-ring (bicyclic) bond motifs is 2. The predicted octanol–water partition coefficient (Wildman–Crippen LogP) is 7.52. The first-order chi connectivity index (χ1) is 23.9. The van der Waals surface area contributed by atoms with Gasteiger partial charge in [-0.25, -0.2) is 0 Å². The molecule has 2 aliphatic carbocycles. The van der Waals surface area contributed by atoms with Crippen molar-refractivity contribution in [2.45, 2.75) is 114 Å². The number of unbranched alkanes of at least 4 members (excludes halogenated alkanes) is 2. The van der Waals surface area contributed by atoms with Crippen LogP contribution in [0.4, 0.5) is 11.4 Å². The number of hydrogen-bond donors (Lipinski definition) is 4. The van der Waals surface area contributed by atoms with Crippen molar-refractivity contribution in [2.24, 2.45) is 11.8 Å². The third kappa shape index (κ3) is 5.46. The zero-order chi connectivity index (χ0) is 35.5. The van der Waals surface area contributed by atoms with Gasteiger partial charge in [-0.3, -0.25) is 0 Å². The molecule has 6 heteroatoms. The molecule has 2 aliphatic heterocycles. The van der Waals surface area contributed by atoms with Gasteiger partial charge in [-0.05, 0) is 47.2 Å². The van der Waals surface area contributed by atoms with Crippen molar-refractivity contribution < 1.29 is 20.4 Å². The molecule has 6 nitrogen and oxygen atoms in total. The lowest BCUT2D eigenvalue weighted by Gasteiger charge is -2.47. The number of para-hydroxylation sites is 2. The Morgan fingerprint density at radius 2 is 0.880 bits per heavy atom. The highest BCUT2D eigenvalue weighted by molar-refractivity contribution is 5.71. The zero-order valence-electron chi connectivity index (χ0n) is 30.6. The molecule has 2 fully saturated rings. The van der Waals surface area contributed by atoms with E-state index in [1.807, 2.05) is 24.3 Å². The van der Waals surface area contributed by atoms with E-state index in [4.69, 9.17) is 0 Å². The molecule has 0 bridgehead atoms. The summed E-state index contributed by atoms with van der Waals surface area (Å²) in [6, 6.07) is 24.9. The second kappa shape index (κ2) is 13.3. The number of benzene rings is 3. The topological polar surface area (TPSA) is 87.4 Å². The first-order valence-corrected chi connectivity index (χ1v) is 18.9. The second-order valence-electron chi connectivity index (χ2n) is 16.2. The Labute approximate surface area is 298 Å². The molecule has 4 atom stereocenters. The highest BCUT2D eigenvalue weighted by Gasteiger charge is 2.52. The van der Waals surface area contributed by atoms with Gasteiger partial charge >= 0.3 is 0 Å². The van der Waals surface area contributed by atoms with Crippen LogP contribution >= 0.6 is 0 Å². The predicted molar refractivity (Wildman–Crippen MR) is 203 cm³/mol. The summed E-state index contributed by atoms with van der Waals surface area (Å²) in [5, 5.41) is 45.8. The Balaban J connectivity index is 1.06. The molecule has 3 aromatic carbocycles. The lowest BCUT2D eigenvalue weighted by Crippen LogP contribution is -2.53. The van der Waals surface area contributed by atoms with E-state index in [9.17, 15) is 20.4 Å². The van der Waals surface area contributed by atoms with Crippen molar-refractivity contribution >= 4 is 11.4 Å². The van der Waals surface area contributed by atoms with E-state index >= 15 is 0 Å². The minimum atomic E-state index is -0.707. The quantitative estimate of drug-likeness (QED) is 0.178. The van der Waals surface area contributed by atoms with Crippen LogP contribution in [0.25, 0.3) is 0 Å². The summed E-state index contributed by atoms with van der Waals surface area (Å²) in [4.78, 5) is 4.77. The van der Waals surface area contributed by atoms with Crippen LogP contribution in [0.2, 0.25) is 0 Å². The number of rotatable bonds is 10. The van der Waals surface area contributed by atoms with E-state index in [0.29, 0.717) is 0 Å². The van der Waals surface area contributed by atoms with Crippen molar-refractivity contribution in [2.75, 3.05) is 22.9 Å². The van der Waals surface area contributed by atoms with Crippen LogP contribution in [-0.2, 0) is 10.8 Å². The minimum Gasteiger partial charge on any atom is -0.392 e. The molecule has 2 saturated carbocycles. The van der Waals surface area contributed by atoms with E-state index in [2.05, 4.69) is 112 Å². The standard InChI is InChI=1S/C44H56N2O4/c1-7-9-23-45-33-17-13-11-15-31(33)43(3,4)35(45)25-29-39(47)37(40(29)48)27-19-21-28(22-20-27)38-41(49)30(42(38)50)26-36-44(5,6)32-16-12-14-18-34(32)46(36)24-10-8-2/h11-22,25-26,29-30,37-42,47-50H,7-10,23-24H2,1-6H3. The van der Waals surface area contributed by atoms with Gasteiger partial charge in [-0.1, -0.05) is 127 Å². The maximum atomic E-state index is 11.5. The molecule has 7 rings (SSSR count). The average molecular weight is 677 g/mol. The molecule has 2 heterocycles. The highest BCUT2D eigenvalue weighted by Crippen LogP contribution is 2.53. The van der Waals surface area contributed by atoms with Gasteiger partial charge in [0.15, 0.2) is 0 Å². The van der Waals surface area contributed by atoms with Crippen LogP contribution in [0.1, 0.15) is 101 Å². The third-order valence-electron chi connectivity index (χ3n) is 12.5. The van der Waals surface area contributed by atoms with Crippen molar-refractivity contribution in [1.82, 2.24) is 0 Å². The Morgan fingerprint density at radius 1 is 0.540 bits per heavy atom. The number of aliphatic hydroxyl groups excluding tert-OH is 4. The fraction of sp³-hybridized carbons (Fsp3) is 0.500. The highest BCUT2D eigenvalue weighted by atomic mass is 16.3. The van der Waals surface area contributed by atoms with Gasteiger partial charge in [0, 0.05) is 70.4 Å². The summed E-state index contributed by atoms with van der Waals surface area (Å²) in [5.74, 6) is -1.51. The monoisotopic (exact) mass is 676 g/mol. The smallest absolute Gasteiger partial charge is 0.0722 e. The third-order valence-corrected chi connectivity index (χ3v) is 12.5. The van der Waals surface area contributed by atoms with Gasteiger partial charge < -0.3 is 30.2 Å². The number of nitrogens with zero attached hydrogens (tertiary/aromatic N) is 2. The Kier molecular flexibility index (Phi) is 9.30. The van der Waals surface area contributed by atoms with Crippen LogP contribution in [0.3, 0.4) is 0 Å². The molecule has 0 radical (unpaired) electrons. The fourth-order valence-corrected chi connectivity index (χ4v) is 9.36. The molecule has 4 N–H and O–H groups in total. The Hall–Kier alpha value is -3.42. The summed E-state index contributed by atoms with van der Waals surface area (Å²) in [5.41, 5.74) is 8.61. The first-order valence-electron chi connectivity index (χ1n) is 18.9. The number of aliphatic hydroxyl groups is 4. The minimum absolute atomic E-state index is 0.222. The Morgan fingerprint density at radius 3 is 1.22 bits per heavy atom. The summed E-state index contributed by atoms with van der Waals surface area (Å²) >= 11 is 0. The van der Waals surface area contributed by atoms with Crippen molar-refractivity contribution in [3.05, 3.63) is 119 Å². The molecule has 0 aromatic heterocycles. The first kappa shape index (κ1) is 35.0. The molecule has 4 aliphatic rings. The van der Waals surface area contributed by atoms with Crippen molar-refractivity contribution in [3.63, 3.8) is 0 Å². The summed E-state index contributed by atoms with van der Waals surface area (Å²) in [6.45, 7) is 15.2. The molecule has 3 aromatic rings. The molecule has 50 heavy (non-hydrogen) atoms. The molecule has 0 amide bonds. The molecule has 0 saturated heterocycles. The molecular formula is C44H56N2O4. The van der Waals surface area contributed by atoms with Gasteiger partial charge in [0.05, 0.1) is 24.4 Å². The molecular weight excluding hydrogens is 620 g/mol. The summed E-state index contributed by atoms with van der Waals surface area (Å²) in [6.07, 6.45) is 5.74. The van der Waals surface area contributed by atoms with Crippen LogP contribution in [0, 0.1) is 11.8 Å². The SMILES string of the molecule is CCCCN1C(=CC2C(O)C(c3ccc(C4C(O)C(C=C5N(CCCC)c6ccccc6C5(C)C)C4O)cc3)C2O)C(C)(C)c2ccccc21. The van der Waals surface area contributed by atoms with Gasteiger partial charge in [0.25, 0.3) is 0 Å². The largest absolute Gasteiger partial charge is 0.392 e. The van der Waals surface area contributed by atoms with E-state index in [1.165, 1.54) is 22.5 Å². The lowest BCUT2D eigenvalue weighted by molar-refractivity contribution is -0.0962. The van der Waals surface area contributed by atoms with Crippen molar-refractivity contribution in [1.29, 1.82) is 0 Å². The Bertz CT molecular complexity index is 1610. The van der Waals surface area contributed by atoms with Crippen LogP contribution in [0.5, 0.6) is 0 Å². The maximum absolute atomic E-state index is 11.5. The summed E-state index contributed by atoms with van der Waals surface area (Å²) < 4.78 is 0. The van der Waals surface area contributed by atoms with Gasteiger partial charge in [-0.2, -0.15) is 0 Å². The van der Waals surface area contributed by atoms with E-state index < -0.39 is 36.3 Å². The van der Waals surface area contributed by atoms with E-state index in [0.717, 1.165) is 61.3 Å². The second-order valence-corrected chi connectivity index (χ2v) is 16.2. The lowest BCUT2D eigenvalue weighted by atomic mass is 9.63. The average Bonchev–Trinajstić information content (AvgIpc) is 3.46. The normalized spacial score (nSPS) is 32.2. The van der Waals surface area contributed by atoms with Crippen LogP contribution in [0.15, 0.2) is 96.3 Å². The maximum Gasteiger partial charge on any atom is 0.0722 e. The summed E-state index contributed by atoms with van der Waals surface area (Å²) in [7, 11) is 0. The molecule has 266 valence electrons. The van der Waals surface area contributed by atoms with Crippen molar-refractivity contribution in [3.8, 4) is 0 Å². The van der Waals surface area contributed by atoms with Gasteiger partial charge in [0.2, 0.25) is 0 Å². The number of allylic oxidation sites excluding steroid dienone is 2. The van der Waals surface area contributed by atoms with Gasteiger partial charge in [-0.15, -0.1) is 0 Å². The molecule has 0 spiro atoms. The van der Waals surface area contributed by atoms with Crippen LogP contribution < -0.4 is 9.80 Å². The number of hydrogen-bond acceptors (Lipinski definition) is 6. The van der Waals surface area contributed by atoms with Crippen LogP contribution in [-0.4, -0.2) is 57.9 Å². The number of anilines is 2. The van der Waals surface area contributed by atoms with E-state index in [-0.39, 0.29) is 22.7 Å². The zero-order valence-corrected chi connectivity index (χ0v) is 30.6. The van der Waals surface area contributed by atoms with E-state index in [1.54, 1.807) is 0 Å².